The molecule has 0 aromatic heterocycles. The van der Waals surface area contributed by atoms with Crippen molar-refractivity contribution in [1.29, 1.82) is 0 Å². The molecule has 1 aromatic rings. The number of amides is 1. The Hall–Kier alpha value is -1.20. The Morgan fingerprint density at radius 1 is 1.44 bits per heavy atom. The number of ether oxygens (including phenoxy) is 1. The van der Waals surface area contributed by atoms with Crippen molar-refractivity contribution in [3.05, 3.63) is 24.3 Å². The number of carbonyl (C=O) groups is 1. The molecule has 1 aromatic carbocycles. The Bertz CT molecular complexity index is 408. The van der Waals surface area contributed by atoms with Gasteiger partial charge in [0.2, 0.25) is 5.91 Å². The summed E-state index contributed by atoms with van der Waals surface area (Å²) in [7, 11) is 0. The molecule has 1 saturated heterocycles. The van der Waals surface area contributed by atoms with Gasteiger partial charge >= 0.3 is 0 Å². The Labute approximate surface area is 111 Å². The van der Waals surface area contributed by atoms with Crippen molar-refractivity contribution in [2.75, 3.05) is 30.0 Å². The predicted molar refractivity (Wildman–Crippen MR) is 75.8 cm³/mol. The molecule has 0 aliphatic carbocycles. The minimum absolute atomic E-state index is 0.0263. The van der Waals surface area contributed by atoms with E-state index in [2.05, 4.69) is 5.32 Å². The molecule has 5 heteroatoms. The molecule has 1 fully saturated rings. The number of para-hydroxylation sites is 2. The first-order chi connectivity index (χ1) is 8.75. The van der Waals surface area contributed by atoms with Crippen LogP contribution < -0.4 is 11.1 Å². The number of nitrogens with two attached hydrogens (primary N) is 1. The summed E-state index contributed by atoms with van der Waals surface area (Å²) in [6.07, 6.45) is 1.43. The van der Waals surface area contributed by atoms with E-state index in [1.807, 2.05) is 30.0 Å². The molecular formula is C13H18N2O2S. The molecule has 4 nitrogen and oxygen atoms in total. The number of hydrogen-bond acceptors (Lipinski definition) is 4. The zero-order chi connectivity index (χ0) is 12.8. The van der Waals surface area contributed by atoms with Gasteiger partial charge in [-0.2, -0.15) is 11.8 Å². The third-order valence-corrected chi connectivity index (χ3v) is 4.01. The Kier molecular flexibility index (Phi) is 4.90. The summed E-state index contributed by atoms with van der Waals surface area (Å²) in [4.78, 5) is 11.7. The molecular weight excluding hydrogens is 248 g/mol. The lowest BCUT2D eigenvalue weighted by Crippen LogP contribution is -2.30. The predicted octanol–water partition coefficient (Wildman–Crippen LogP) is 2.12. The molecule has 3 N–H and O–H groups in total. The number of benzene rings is 1. The highest BCUT2D eigenvalue weighted by Crippen LogP contribution is 2.21. The van der Waals surface area contributed by atoms with Crippen LogP contribution in [0.4, 0.5) is 11.4 Å². The van der Waals surface area contributed by atoms with Crippen molar-refractivity contribution < 1.29 is 9.53 Å². The standard InChI is InChI=1S/C13H18N2O2S/c14-11-4-1-2-5-12(11)15-13(16)6-3-7-18-10-8-17-9-10/h1-2,4-5,10H,3,6-9,14H2,(H,15,16). The molecule has 1 amide bonds. The Morgan fingerprint density at radius 2 is 2.22 bits per heavy atom. The molecule has 0 saturated carbocycles. The first-order valence-electron chi connectivity index (χ1n) is 6.09. The molecule has 1 aliphatic heterocycles. The summed E-state index contributed by atoms with van der Waals surface area (Å²) in [5.41, 5.74) is 7.06. The lowest BCUT2D eigenvalue weighted by atomic mass is 10.2. The molecule has 98 valence electrons. The maximum absolute atomic E-state index is 11.7. The summed E-state index contributed by atoms with van der Waals surface area (Å²) < 4.78 is 5.09. The topological polar surface area (TPSA) is 64.3 Å². The van der Waals surface area contributed by atoms with Gasteiger partial charge in [0.1, 0.15) is 0 Å². The van der Waals surface area contributed by atoms with E-state index >= 15 is 0 Å². The minimum atomic E-state index is 0.0263. The number of carbonyl (C=O) groups excluding carboxylic acids is 1. The van der Waals surface area contributed by atoms with Gasteiger partial charge in [0.05, 0.1) is 29.8 Å². The highest BCUT2D eigenvalue weighted by Gasteiger charge is 2.18. The average Bonchev–Trinajstić information content (AvgIpc) is 2.29. The number of hydrogen-bond donors (Lipinski definition) is 2. The number of anilines is 2. The lowest BCUT2D eigenvalue weighted by Gasteiger charge is -2.25. The van der Waals surface area contributed by atoms with Crippen LogP contribution in [0.2, 0.25) is 0 Å². The van der Waals surface area contributed by atoms with E-state index in [0.29, 0.717) is 23.0 Å². The molecule has 0 atom stereocenters. The summed E-state index contributed by atoms with van der Waals surface area (Å²) in [5, 5.41) is 3.47. The summed E-state index contributed by atoms with van der Waals surface area (Å²) >= 11 is 1.88. The maximum Gasteiger partial charge on any atom is 0.224 e. The summed E-state index contributed by atoms with van der Waals surface area (Å²) in [6.45, 7) is 1.72. The number of nitrogens with one attached hydrogen (secondary N) is 1. The van der Waals surface area contributed by atoms with E-state index in [1.54, 1.807) is 6.07 Å². The fourth-order valence-electron chi connectivity index (χ4n) is 1.62. The molecule has 1 aliphatic rings. The highest BCUT2D eigenvalue weighted by molar-refractivity contribution is 8.00. The van der Waals surface area contributed by atoms with E-state index in [1.165, 1.54) is 0 Å². The van der Waals surface area contributed by atoms with Gasteiger partial charge in [0, 0.05) is 6.42 Å². The fourth-order valence-corrected chi connectivity index (χ4v) is 2.65. The second-order valence-corrected chi connectivity index (χ2v) is 5.68. The minimum Gasteiger partial charge on any atom is -0.397 e. The molecule has 0 bridgehead atoms. The Balaban J connectivity index is 1.64. The van der Waals surface area contributed by atoms with E-state index in [-0.39, 0.29) is 5.91 Å². The van der Waals surface area contributed by atoms with E-state index < -0.39 is 0 Å². The molecule has 18 heavy (non-hydrogen) atoms. The molecule has 0 unspecified atom stereocenters. The van der Waals surface area contributed by atoms with Crippen LogP contribution in [0.15, 0.2) is 24.3 Å². The molecule has 2 rings (SSSR count). The van der Waals surface area contributed by atoms with Gasteiger partial charge in [-0.25, -0.2) is 0 Å². The van der Waals surface area contributed by atoms with Crippen LogP contribution in [0.3, 0.4) is 0 Å². The van der Waals surface area contributed by atoms with Gasteiger partial charge in [-0.1, -0.05) is 12.1 Å². The van der Waals surface area contributed by atoms with Crippen LogP contribution in [0, 0.1) is 0 Å². The van der Waals surface area contributed by atoms with Crippen LogP contribution in [0.1, 0.15) is 12.8 Å². The molecule has 0 spiro atoms. The maximum atomic E-state index is 11.7. The number of thioether (sulfide) groups is 1. The third-order valence-electron chi connectivity index (χ3n) is 2.74. The van der Waals surface area contributed by atoms with Crippen LogP contribution in [0.5, 0.6) is 0 Å². The average molecular weight is 266 g/mol. The van der Waals surface area contributed by atoms with Crippen LogP contribution in [-0.4, -0.2) is 30.1 Å². The van der Waals surface area contributed by atoms with Crippen LogP contribution >= 0.6 is 11.8 Å². The smallest absolute Gasteiger partial charge is 0.224 e. The van der Waals surface area contributed by atoms with Crippen LogP contribution in [-0.2, 0) is 9.53 Å². The normalized spacial score (nSPS) is 15.1. The first-order valence-corrected chi connectivity index (χ1v) is 7.14. The summed E-state index contributed by atoms with van der Waals surface area (Å²) in [5.74, 6) is 1.03. The Morgan fingerprint density at radius 3 is 2.89 bits per heavy atom. The van der Waals surface area contributed by atoms with E-state index in [9.17, 15) is 4.79 Å². The fraction of sp³-hybridized carbons (Fsp3) is 0.462. The zero-order valence-electron chi connectivity index (χ0n) is 10.2. The van der Waals surface area contributed by atoms with Crippen molar-refractivity contribution in [2.24, 2.45) is 0 Å². The van der Waals surface area contributed by atoms with Crippen molar-refractivity contribution in [2.45, 2.75) is 18.1 Å². The van der Waals surface area contributed by atoms with Gasteiger partial charge < -0.3 is 15.8 Å². The molecule has 0 radical (unpaired) electrons. The van der Waals surface area contributed by atoms with Gasteiger partial charge in [-0.05, 0) is 24.3 Å². The number of nitrogen functional groups attached to an aromatic ring is 1. The molecule has 1 heterocycles. The van der Waals surface area contributed by atoms with Crippen molar-refractivity contribution >= 4 is 29.0 Å². The zero-order valence-corrected chi connectivity index (χ0v) is 11.0. The monoisotopic (exact) mass is 266 g/mol. The van der Waals surface area contributed by atoms with Crippen molar-refractivity contribution in [1.82, 2.24) is 0 Å². The highest BCUT2D eigenvalue weighted by atomic mass is 32.2. The van der Waals surface area contributed by atoms with Gasteiger partial charge in [-0.15, -0.1) is 0 Å². The number of rotatable bonds is 6. The summed E-state index contributed by atoms with van der Waals surface area (Å²) in [6, 6.07) is 7.30. The van der Waals surface area contributed by atoms with E-state index in [4.69, 9.17) is 10.5 Å². The van der Waals surface area contributed by atoms with Crippen LogP contribution in [0.25, 0.3) is 0 Å². The second-order valence-electron chi connectivity index (χ2n) is 4.27. The SMILES string of the molecule is Nc1ccccc1NC(=O)CCCSC1COC1. The van der Waals surface area contributed by atoms with Crippen molar-refractivity contribution in [3.63, 3.8) is 0 Å². The quantitative estimate of drug-likeness (QED) is 0.611. The van der Waals surface area contributed by atoms with E-state index in [0.717, 1.165) is 25.4 Å². The van der Waals surface area contributed by atoms with Gasteiger partial charge in [0.15, 0.2) is 0 Å². The second kappa shape index (κ2) is 6.66. The third kappa shape index (κ3) is 3.92. The van der Waals surface area contributed by atoms with Gasteiger partial charge in [0.25, 0.3) is 0 Å². The first kappa shape index (κ1) is 13.2. The van der Waals surface area contributed by atoms with Gasteiger partial charge in [-0.3, -0.25) is 4.79 Å². The van der Waals surface area contributed by atoms with Crippen molar-refractivity contribution in [3.8, 4) is 0 Å². The lowest BCUT2D eigenvalue weighted by molar-refractivity contribution is -0.116. The largest absolute Gasteiger partial charge is 0.397 e.